The van der Waals surface area contributed by atoms with Crippen LogP contribution in [0.1, 0.15) is 24.4 Å². The minimum atomic E-state index is -0.689. The van der Waals surface area contributed by atoms with Gasteiger partial charge in [0.05, 0.1) is 12.6 Å². The molecule has 2 rings (SSSR count). The van der Waals surface area contributed by atoms with Crippen LogP contribution >= 0.6 is 0 Å². The Labute approximate surface area is 111 Å². The third-order valence-corrected chi connectivity index (χ3v) is 2.94. The van der Waals surface area contributed by atoms with Crippen LogP contribution in [0.4, 0.5) is 4.39 Å². The molecule has 19 heavy (non-hydrogen) atoms. The van der Waals surface area contributed by atoms with E-state index in [-0.39, 0.29) is 5.82 Å². The SMILES string of the molecule is Cc1nccn1CCOc1cc(F)ccc1[C@H](C)O. The average molecular weight is 264 g/mol. The lowest BCUT2D eigenvalue weighted by atomic mass is 10.1. The monoisotopic (exact) mass is 264 g/mol. The molecule has 0 spiro atoms. The van der Waals surface area contributed by atoms with Crippen molar-refractivity contribution in [3.8, 4) is 5.75 Å². The lowest BCUT2D eigenvalue weighted by Crippen LogP contribution is -2.10. The van der Waals surface area contributed by atoms with Crippen LogP contribution in [0.25, 0.3) is 0 Å². The maximum Gasteiger partial charge on any atom is 0.128 e. The van der Waals surface area contributed by atoms with Gasteiger partial charge in [-0.2, -0.15) is 0 Å². The molecule has 4 nitrogen and oxygen atoms in total. The van der Waals surface area contributed by atoms with Crippen molar-refractivity contribution in [1.29, 1.82) is 0 Å². The van der Waals surface area contributed by atoms with E-state index in [0.717, 1.165) is 5.82 Å². The highest BCUT2D eigenvalue weighted by atomic mass is 19.1. The number of ether oxygens (including phenoxy) is 1. The van der Waals surface area contributed by atoms with E-state index < -0.39 is 6.10 Å². The van der Waals surface area contributed by atoms with Gasteiger partial charge in [0, 0.05) is 24.0 Å². The molecule has 5 heteroatoms. The fourth-order valence-electron chi connectivity index (χ4n) is 1.87. The second kappa shape index (κ2) is 5.84. The number of imidazole rings is 1. The molecule has 0 unspecified atom stereocenters. The summed E-state index contributed by atoms with van der Waals surface area (Å²) in [4.78, 5) is 4.11. The van der Waals surface area contributed by atoms with Gasteiger partial charge in [-0.05, 0) is 26.0 Å². The first kappa shape index (κ1) is 13.5. The molecule has 0 aliphatic carbocycles. The first-order valence-corrected chi connectivity index (χ1v) is 6.16. The molecular formula is C14H17FN2O2. The minimum absolute atomic E-state index is 0.377. The number of nitrogens with zero attached hydrogens (tertiary/aromatic N) is 2. The van der Waals surface area contributed by atoms with Crippen molar-refractivity contribution in [2.45, 2.75) is 26.5 Å². The van der Waals surface area contributed by atoms with Crippen LogP contribution in [0.15, 0.2) is 30.6 Å². The molecule has 1 heterocycles. The fraction of sp³-hybridized carbons (Fsp3) is 0.357. The molecular weight excluding hydrogens is 247 g/mol. The zero-order valence-electron chi connectivity index (χ0n) is 11.0. The predicted molar refractivity (Wildman–Crippen MR) is 69.5 cm³/mol. The molecule has 1 atom stereocenters. The van der Waals surface area contributed by atoms with Crippen LogP contribution < -0.4 is 4.74 Å². The van der Waals surface area contributed by atoms with Crippen molar-refractivity contribution >= 4 is 0 Å². The maximum absolute atomic E-state index is 13.2. The van der Waals surface area contributed by atoms with E-state index in [9.17, 15) is 9.50 Å². The molecule has 0 saturated heterocycles. The number of aliphatic hydroxyl groups excluding tert-OH is 1. The molecule has 1 aromatic heterocycles. The summed E-state index contributed by atoms with van der Waals surface area (Å²) in [6.07, 6.45) is 2.89. The van der Waals surface area contributed by atoms with Crippen molar-refractivity contribution in [3.63, 3.8) is 0 Å². The summed E-state index contributed by atoms with van der Waals surface area (Å²) in [5, 5.41) is 9.61. The number of halogens is 1. The number of hydrogen-bond acceptors (Lipinski definition) is 3. The third kappa shape index (κ3) is 3.32. The molecule has 0 amide bonds. The van der Waals surface area contributed by atoms with Crippen LogP contribution in [0, 0.1) is 12.7 Å². The quantitative estimate of drug-likeness (QED) is 0.902. The number of hydrogen-bond donors (Lipinski definition) is 1. The summed E-state index contributed by atoms with van der Waals surface area (Å²) in [7, 11) is 0. The lowest BCUT2D eigenvalue weighted by molar-refractivity contribution is 0.190. The average Bonchev–Trinajstić information content (AvgIpc) is 2.75. The van der Waals surface area contributed by atoms with E-state index >= 15 is 0 Å². The Bertz CT molecular complexity index is 552. The topological polar surface area (TPSA) is 47.3 Å². The molecule has 1 aromatic carbocycles. The number of benzene rings is 1. The van der Waals surface area contributed by atoms with Crippen molar-refractivity contribution in [1.82, 2.24) is 9.55 Å². The van der Waals surface area contributed by atoms with Crippen LogP contribution in [-0.2, 0) is 6.54 Å². The van der Waals surface area contributed by atoms with Crippen molar-refractivity contribution < 1.29 is 14.2 Å². The van der Waals surface area contributed by atoms with Crippen LogP contribution in [0.5, 0.6) is 5.75 Å². The van der Waals surface area contributed by atoms with Crippen molar-refractivity contribution in [2.75, 3.05) is 6.61 Å². The first-order chi connectivity index (χ1) is 9.08. The summed E-state index contributed by atoms with van der Waals surface area (Å²) in [5.74, 6) is 0.907. The van der Waals surface area contributed by atoms with Gasteiger partial charge < -0.3 is 14.4 Å². The van der Waals surface area contributed by atoms with Gasteiger partial charge in [-0.1, -0.05) is 0 Å². The van der Waals surface area contributed by atoms with Gasteiger partial charge in [-0.3, -0.25) is 0 Å². The lowest BCUT2D eigenvalue weighted by Gasteiger charge is -2.14. The van der Waals surface area contributed by atoms with Gasteiger partial charge >= 0.3 is 0 Å². The second-order valence-corrected chi connectivity index (χ2v) is 4.37. The molecule has 2 aromatic rings. The molecule has 102 valence electrons. The molecule has 0 radical (unpaired) electrons. The number of rotatable bonds is 5. The summed E-state index contributed by atoms with van der Waals surface area (Å²) >= 11 is 0. The Morgan fingerprint density at radius 2 is 2.26 bits per heavy atom. The highest BCUT2D eigenvalue weighted by molar-refractivity contribution is 5.35. The third-order valence-electron chi connectivity index (χ3n) is 2.94. The molecule has 0 bridgehead atoms. The van der Waals surface area contributed by atoms with Crippen molar-refractivity contribution in [3.05, 3.63) is 47.8 Å². The van der Waals surface area contributed by atoms with Gasteiger partial charge in [0.1, 0.15) is 24.0 Å². The van der Waals surface area contributed by atoms with E-state index in [4.69, 9.17) is 4.74 Å². The largest absolute Gasteiger partial charge is 0.491 e. The van der Waals surface area contributed by atoms with E-state index in [1.165, 1.54) is 18.2 Å². The van der Waals surface area contributed by atoms with Gasteiger partial charge in [0.15, 0.2) is 0 Å². The Balaban J connectivity index is 2.03. The summed E-state index contributed by atoms with van der Waals surface area (Å²) in [6, 6.07) is 4.15. The van der Waals surface area contributed by atoms with Gasteiger partial charge in [0.25, 0.3) is 0 Å². The van der Waals surface area contributed by atoms with E-state index in [0.29, 0.717) is 24.5 Å². The molecule has 1 N–H and O–H groups in total. The Kier molecular flexibility index (Phi) is 4.16. The van der Waals surface area contributed by atoms with Crippen LogP contribution in [-0.4, -0.2) is 21.3 Å². The Morgan fingerprint density at radius 3 is 2.89 bits per heavy atom. The summed E-state index contributed by atoms with van der Waals surface area (Å²) in [5.41, 5.74) is 0.587. The summed E-state index contributed by atoms with van der Waals surface area (Å²) < 4.78 is 20.7. The number of aryl methyl sites for hydroxylation is 1. The predicted octanol–water partition coefficient (Wildman–Crippen LogP) is 2.46. The normalized spacial score (nSPS) is 12.4. The van der Waals surface area contributed by atoms with Crippen LogP contribution in [0.2, 0.25) is 0 Å². The van der Waals surface area contributed by atoms with E-state index in [1.54, 1.807) is 13.1 Å². The molecule has 0 saturated carbocycles. The Morgan fingerprint density at radius 1 is 1.47 bits per heavy atom. The molecule has 0 aliphatic heterocycles. The highest BCUT2D eigenvalue weighted by Gasteiger charge is 2.10. The van der Waals surface area contributed by atoms with Gasteiger partial charge in [0.2, 0.25) is 0 Å². The zero-order valence-corrected chi connectivity index (χ0v) is 11.0. The summed E-state index contributed by atoms with van der Waals surface area (Å²) in [6.45, 7) is 4.55. The number of aromatic nitrogens is 2. The maximum atomic E-state index is 13.2. The standard InChI is InChI=1S/C14H17FN2O2/c1-10(18)13-4-3-12(15)9-14(13)19-8-7-17-6-5-16-11(17)2/h3-6,9-10,18H,7-8H2,1-2H3/t10-/m0/s1. The van der Waals surface area contributed by atoms with E-state index in [1.807, 2.05) is 17.7 Å². The molecule has 0 aliphatic rings. The molecule has 0 fully saturated rings. The zero-order chi connectivity index (χ0) is 13.8. The second-order valence-electron chi connectivity index (χ2n) is 4.37. The number of aliphatic hydroxyl groups is 1. The Hall–Kier alpha value is -1.88. The van der Waals surface area contributed by atoms with Crippen molar-refractivity contribution in [2.24, 2.45) is 0 Å². The smallest absolute Gasteiger partial charge is 0.128 e. The minimum Gasteiger partial charge on any atom is -0.491 e. The van der Waals surface area contributed by atoms with Crippen LogP contribution in [0.3, 0.4) is 0 Å². The van der Waals surface area contributed by atoms with Gasteiger partial charge in [-0.15, -0.1) is 0 Å². The van der Waals surface area contributed by atoms with Gasteiger partial charge in [-0.25, -0.2) is 9.37 Å². The van der Waals surface area contributed by atoms with E-state index in [2.05, 4.69) is 4.98 Å². The first-order valence-electron chi connectivity index (χ1n) is 6.16. The highest BCUT2D eigenvalue weighted by Crippen LogP contribution is 2.25. The fourth-order valence-corrected chi connectivity index (χ4v) is 1.87.